The van der Waals surface area contributed by atoms with Crippen molar-refractivity contribution in [2.24, 2.45) is 5.73 Å². The quantitative estimate of drug-likeness (QED) is 0.572. The Morgan fingerprint density at radius 3 is 2.42 bits per heavy atom. The first-order valence-electron chi connectivity index (χ1n) is 7.52. The van der Waals surface area contributed by atoms with Crippen molar-refractivity contribution >= 4 is 35.0 Å². The smallest absolute Gasteiger partial charge is 0.248 e. The van der Waals surface area contributed by atoms with Crippen LogP contribution in [0.1, 0.15) is 27.6 Å². The lowest BCUT2D eigenvalue weighted by molar-refractivity contribution is -0.113. The van der Waals surface area contributed by atoms with Crippen LogP contribution in [0.2, 0.25) is 0 Å². The van der Waals surface area contributed by atoms with Crippen molar-refractivity contribution in [3.8, 4) is 5.75 Å². The average molecular weight is 376 g/mol. The summed E-state index contributed by atoms with van der Waals surface area (Å²) in [6.45, 7) is 1.35. The molecule has 136 valence electrons. The molecule has 2 amide bonds. The van der Waals surface area contributed by atoms with Gasteiger partial charge in [-0.15, -0.1) is 11.8 Å². The molecule has 0 aliphatic heterocycles. The fourth-order valence-electron chi connectivity index (χ4n) is 2.13. The Morgan fingerprint density at radius 1 is 1.15 bits per heavy atom. The van der Waals surface area contributed by atoms with Gasteiger partial charge in [-0.2, -0.15) is 0 Å². The third-order valence-electron chi connectivity index (χ3n) is 3.46. The number of thioether (sulfide) groups is 1. The van der Waals surface area contributed by atoms with Gasteiger partial charge < -0.3 is 15.8 Å². The normalized spacial score (nSPS) is 10.3. The Kier molecular flexibility index (Phi) is 6.35. The molecule has 0 radical (unpaired) electrons. The molecule has 26 heavy (non-hydrogen) atoms. The number of primary amides is 1. The molecule has 0 aliphatic carbocycles. The molecule has 2 rings (SSSR count). The minimum atomic E-state index is -0.634. The molecule has 0 aromatic heterocycles. The highest BCUT2D eigenvalue weighted by Gasteiger charge is 2.13. The Labute approximate surface area is 153 Å². The summed E-state index contributed by atoms with van der Waals surface area (Å²) in [5.41, 5.74) is 6.01. The van der Waals surface area contributed by atoms with Crippen LogP contribution in [0.4, 0.5) is 10.1 Å². The number of benzene rings is 2. The number of Topliss-reactive ketones (excluding diaryl/α,β-unsaturated/α-hetero) is 1. The van der Waals surface area contributed by atoms with E-state index in [1.54, 1.807) is 0 Å². The predicted molar refractivity (Wildman–Crippen MR) is 97.3 cm³/mol. The SMILES string of the molecule is COc1ccc(C(N)=O)cc1NC(=O)CSc1ccc(C(C)=O)cc1F. The van der Waals surface area contributed by atoms with Crippen molar-refractivity contribution in [2.75, 3.05) is 18.2 Å². The summed E-state index contributed by atoms with van der Waals surface area (Å²) < 4.78 is 19.1. The molecule has 3 N–H and O–H groups in total. The van der Waals surface area contributed by atoms with Crippen LogP contribution < -0.4 is 15.8 Å². The number of halogens is 1. The molecule has 0 bridgehead atoms. The van der Waals surface area contributed by atoms with Crippen molar-refractivity contribution in [1.29, 1.82) is 0 Å². The number of hydrogen-bond acceptors (Lipinski definition) is 5. The number of anilines is 1. The van der Waals surface area contributed by atoms with Gasteiger partial charge in [-0.25, -0.2) is 4.39 Å². The second kappa shape index (κ2) is 8.48. The molecule has 0 heterocycles. The standard InChI is InChI=1S/C18H17FN2O4S/c1-10(22)11-4-6-16(13(19)7-11)26-9-17(23)21-14-8-12(18(20)24)3-5-15(14)25-2/h3-8H,9H2,1-2H3,(H2,20,24)(H,21,23). The summed E-state index contributed by atoms with van der Waals surface area (Å²) >= 11 is 0.988. The zero-order valence-corrected chi connectivity index (χ0v) is 15.0. The maximum atomic E-state index is 14.0. The van der Waals surface area contributed by atoms with E-state index in [0.29, 0.717) is 11.4 Å². The Balaban J connectivity index is 2.06. The second-order valence-electron chi connectivity index (χ2n) is 5.32. The molecule has 0 atom stereocenters. The molecule has 0 spiro atoms. The lowest BCUT2D eigenvalue weighted by Gasteiger charge is -2.11. The molecule has 8 heteroatoms. The van der Waals surface area contributed by atoms with Gasteiger partial charge in [0.05, 0.1) is 18.6 Å². The second-order valence-corrected chi connectivity index (χ2v) is 6.33. The molecule has 2 aromatic carbocycles. The highest BCUT2D eigenvalue weighted by molar-refractivity contribution is 8.00. The van der Waals surface area contributed by atoms with Crippen molar-refractivity contribution in [3.63, 3.8) is 0 Å². The number of nitrogens with one attached hydrogen (secondary N) is 1. The number of amides is 2. The summed E-state index contributed by atoms with van der Waals surface area (Å²) in [7, 11) is 1.43. The molecule has 6 nitrogen and oxygen atoms in total. The van der Waals surface area contributed by atoms with Gasteiger partial charge in [-0.05, 0) is 37.3 Å². The average Bonchev–Trinajstić information content (AvgIpc) is 2.60. The molecule has 0 unspecified atom stereocenters. The third-order valence-corrected chi connectivity index (χ3v) is 4.50. The molecule has 0 saturated heterocycles. The van der Waals surface area contributed by atoms with E-state index in [0.717, 1.165) is 17.8 Å². The minimum absolute atomic E-state index is 0.0692. The van der Waals surface area contributed by atoms with Gasteiger partial charge in [0, 0.05) is 16.0 Å². The number of nitrogens with two attached hydrogens (primary N) is 1. The van der Waals surface area contributed by atoms with Crippen molar-refractivity contribution in [2.45, 2.75) is 11.8 Å². The first-order chi connectivity index (χ1) is 12.3. The number of ketones is 1. The molecule has 0 fully saturated rings. The van der Waals surface area contributed by atoms with E-state index in [9.17, 15) is 18.8 Å². The molecular weight excluding hydrogens is 359 g/mol. The Morgan fingerprint density at radius 2 is 1.85 bits per heavy atom. The molecule has 0 saturated carbocycles. The number of rotatable bonds is 7. The van der Waals surface area contributed by atoms with Crippen molar-refractivity contribution < 1.29 is 23.5 Å². The number of carbonyl (C=O) groups excluding carboxylic acids is 3. The van der Waals surface area contributed by atoms with Crippen LogP contribution in [0.5, 0.6) is 5.75 Å². The summed E-state index contributed by atoms with van der Waals surface area (Å²) in [5.74, 6) is -1.55. The van der Waals surface area contributed by atoms with Crippen LogP contribution in [0, 0.1) is 5.82 Å². The fraction of sp³-hybridized carbons (Fsp3) is 0.167. The lowest BCUT2D eigenvalue weighted by Crippen LogP contribution is -2.16. The number of carbonyl (C=O) groups is 3. The van der Waals surface area contributed by atoms with Gasteiger partial charge in [0.15, 0.2) is 5.78 Å². The van der Waals surface area contributed by atoms with Gasteiger partial charge in [0.1, 0.15) is 11.6 Å². The minimum Gasteiger partial charge on any atom is -0.495 e. The van der Waals surface area contributed by atoms with Crippen LogP contribution >= 0.6 is 11.8 Å². The predicted octanol–water partition coefficient (Wildman–Crippen LogP) is 2.87. The highest BCUT2D eigenvalue weighted by Crippen LogP contribution is 2.27. The molecular formula is C18H17FN2O4S. The first-order valence-corrected chi connectivity index (χ1v) is 8.51. The summed E-state index contributed by atoms with van der Waals surface area (Å²) in [6, 6.07) is 8.51. The van der Waals surface area contributed by atoms with E-state index in [1.807, 2.05) is 0 Å². The fourth-order valence-corrected chi connectivity index (χ4v) is 2.85. The van der Waals surface area contributed by atoms with Gasteiger partial charge >= 0.3 is 0 Å². The zero-order chi connectivity index (χ0) is 19.3. The van der Waals surface area contributed by atoms with Gasteiger partial charge in [0.2, 0.25) is 11.8 Å². The third kappa shape index (κ3) is 4.82. The van der Waals surface area contributed by atoms with Crippen LogP contribution in [0.15, 0.2) is 41.3 Å². The maximum absolute atomic E-state index is 14.0. The largest absolute Gasteiger partial charge is 0.495 e. The van der Waals surface area contributed by atoms with Crippen LogP contribution in [-0.4, -0.2) is 30.5 Å². The topological polar surface area (TPSA) is 98.5 Å². The van der Waals surface area contributed by atoms with E-state index in [1.165, 1.54) is 44.4 Å². The first kappa shape index (κ1) is 19.5. The van der Waals surface area contributed by atoms with E-state index >= 15 is 0 Å². The van der Waals surface area contributed by atoms with E-state index < -0.39 is 17.6 Å². The van der Waals surface area contributed by atoms with E-state index in [2.05, 4.69) is 5.32 Å². The van der Waals surface area contributed by atoms with Crippen LogP contribution in [0.3, 0.4) is 0 Å². The Bertz CT molecular complexity index is 870. The molecule has 2 aromatic rings. The van der Waals surface area contributed by atoms with Crippen molar-refractivity contribution in [1.82, 2.24) is 0 Å². The summed E-state index contributed by atoms with van der Waals surface area (Å²) in [5, 5.41) is 2.61. The zero-order valence-electron chi connectivity index (χ0n) is 14.2. The van der Waals surface area contributed by atoms with Crippen molar-refractivity contribution in [3.05, 3.63) is 53.3 Å². The molecule has 0 aliphatic rings. The number of hydrogen-bond donors (Lipinski definition) is 2. The highest BCUT2D eigenvalue weighted by atomic mass is 32.2. The van der Waals surface area contributed by atoms with E-state index in [-0.39, 0.29) is 27.6 Å². The Hall–Kier alpha value is -2.87. The van der Waals surface area contributed by atoms with Gasteiger partial charge in [0.25, 0.3) is 0 Å². The van der Waals surface area contributed by atoms with Crippen LogP contribution in [-0.2, 0) is 4.79 Å². The summed E-state index contributed by atoms with van der Waals surface area (Å²) in [4.78, 5) is 34.9. The number of ether oxygens (including phenoxy) is 1. The summed E-state index contributed by atoms with van der Waals surface area (Å²) in [6.07, 6.45) is 0. The lowest BCUT2D eigenvalue weighted by atomic mass is 10.1. The van der Waals surface area contributed by atoms with Gasteiger partial charge in [-0.3, -0.25) is 14.4 Å². The monoisotopic (exact) mass is 376 g/mol. The van der Waals surface area contributed by atoms with Gasteiger partial charge in [-0.1, -0.05) is 6.07 Å². The number of methoxy groups -OCH3 is 1. The van der Waals surface area contributed by atoms with Crippen LogP contribution in [0.25, 0.3) is 0 Å². The van der Waals surface area contributed by atoms with E-state index in [4.69, 9.17) is 10.5 Å². The maximum Gasteiger partial charge on any atom is 0.248 e.